The summed E-state index contributed by atoms with van der Waals surface area (Å²) in [6.45, 7) is 1.31. The predicted octanol–water partition coefficient (Wildman–Crippen LogP) is 2.83. The fourth-order valence-electron chi connectivity index (χ4n) is 2.65. The molecule has 1 aromatic carbocycles. The summed E-state index contributed by atoms with van der Waals surface area (Å²) in [5, 5.41) is 12.6. The van der Waals surface area contributed by atoms with Gasteiger partial charge in [0, 0.05) is 17.6 Å². The smallest absolute Gasteiger partial charge is 0.153 e. The lowest BCUT2D eigenvalue weighted by molar-refractivity contribution is 0.214. The zero-order chi connectivity index (χ0) is 13.7. The van der Waals surface area contributed by atoms with Crippen LogP contribution >= 0.6 is 11.6 Å². The third-order valence-corrected chi connectivity index (χ3v) is 3.89. The highest BCUT2D eigenvalue weighted by Gasteiger charge is 2.23. The molecule has 2 rings (SSSR count). The Balaban J connectivity index is 2.05. The predicted molar refractivity (Wildman–Crippen MR) is 77.5 cm³/mol. The van der Waals surface area contributed by atoms with Crippen LogP contribution in [0.1, 0.15) is 31.2 Å². The summed E-state index contributed by atoms with van der Waals surface area (Å²) < 4.78 is 0. The average molecular weight is 282 g/mol. The second kappa shape index (κ2) is 6.78. The number of halogens is 1. The van der Waals surface area contributed by atoms with Gasteiger partial charge in [-0.3, -0.25) is 4.90 Å². The van der Waals surface area contributed by atoms with Crippen molar-refractivity contribution in [3.8, 4) is 0 Å². The van der Waals surface area contributed by atoms with Crippen LogP contribution in [0.5, 0.6) is 0 Å². The topological polar surface area (TPSA) is 61.8 Å². The van der Waals surface area contributed by atoms with E-state index in [0.29, 0.717) is 12.6 Å². The molecule has 0 radical (unpaired) electrons. The minimum atomic E-state index is 0.265. The Morgan fingerprint density at radius 3 is 2.53 bits per heavy atom. The molecule has 104 valence electrons. The molecular weight excluding hydrogens is 262 g/mol. The molecule has 1 aromatic rings. The number of hydrogen-bond acceptors (Lipinski definition) is 3. The van der Waals surface area contributed by atoms with Gasteiger partial charge in [0.25, 0.3) is 0 Å². The van der Waals surface area contributed by atoms with Crippen LogP contribution in [0.4, 0.5) is 0 Å². The van der Waals surface area contributed by atoms with Crippen LogP contribution in [-0.2, 0) is 6.54 Å². The van der Waals surface area contributed by atoms with Crippen molar-refractivity contribution in [1.82, 2.24) is 4.90 Å². The SMILES string of the molecule is NC(CN(Cc1ccc(Cl)cc1)C1CCCC1)=NO. The van der Waals surface area contributed by atoms with Crippen LogP contribution in [0.2, 0.25) is 5.02 Å². The average Bonchev–Trinajstić information content (AvgIpc) is 2.94. The van der Waals surface area contributed by atoms with Gasteiger partial charge in [0.05, 0.1) is 6.54 Å². The lowest BCUT2D eigenvalue weighted by Gasteiger charge is -2.28. The van der Waals surface area contributed by atoms with Crippen LogP contribution in [0.15, 0.2) is 29.4 Å². The van der Waals surface area contributed by atoms with Crippen molar-refractivity contribution in [2.45, 2.75) is 38.3 Å². The number of amidine groups is 1. The minimum absolute atomic E-state index is 0.265. The number of nitrogens with two attached hydrogens (primary N) is 1. The van der Waals surface area contributed by atoms with Crippen molar-refractivity contribution < 1.29 is 5.21 Å². The molecule has 4 nitrogen and oxygen atoms in total. The summed E-state index contributed by atoms with van der Waals surface area (Å²) in [5.74, 6) is 0.265. The van der Waals surface area contributed by atoms with E-state index in [9.17, 15) is 0 Å². The Labute approximate surface area is 118 Å². The van der Waals surface area contributed by atoms with Gasteiger partial charge >= 0.3 is 0 Å². The first-order valence-corrected chi connectivity index (χ1v) is 7.01. The van der Waals surface area contributed by atoms with E-state index in [1.807, 2.05) is 24.3 Å². The van der Waals surface area contributed by atoms with Gasteiger partial charge in [-0.15, -0.1) is 0 Å². The minimum Gasteiger partial charge on any atom is -0.409 e. The van der Waals surface area contributed by atoms with Crippen LogP contribution in [0.3, 0.4) is 0 Å². The fraction of sp³-hybridized carbons (Fsp3) is 0.500. The van der Waals surface area contributed by atoms with Crippen LogP contribution in [0, 0.1) is 0 Å². The molecular formula is C14H20ClN3O. The van der Waals surface area contributed by atoms with Gasteiger partial charge in [-0.05, 0) is 30.5 Å². The zero-order valence-electron chi connectivity index (χ0n) is 10.9. The maximum absolute atomic E-state index is 8.75. The third kappa shape index (κ3) is 4.11. The van der Waals surface area contributed by atoms with E-state index < -0.39 is 0 Å². The molecule has 19 heavy (non-hydrogen) atoms. The fourth-order valence-corrected chi connectivity index (χ4v) is 2.77. The number of hydrogen-bond donors (Lipinski definition) is 2. The Bertz CT molecular complexity index is 427. The third-order valence-electron chi connectivity index (χ3n) is 3.63. The van der Waals surface area contributed by atoms with Crippen molar-refractivity contribution in [3.05, 3.63) is 34.9 Å². The molecule has 0 spiro atoms. The highest BCUT2D eigenvalue weighted by atomic mass is 35.5. The quantitative estimate of drug-likeness (QED) is 0.378. The summed E-state index contributed by atoms with van der Waals surface area (Å²) in [5.41, 5.74) is 6.85. The molecule has 1 aliphatic carbocycles. The number of rotatable bonds is 5. The largest absolute Gasteiger partial charge is 0.409 e. The van der Waals surface area contributed by atoms with E-state index in [4.69, 9.17) is 22.5 Å². The highest BCUT2D eigenvalue weighted by Crippen LogP contribution is 2.25. The highest BCUT2D eigenvalue weighted by molar-refractivity contribution is 6.30. The molecule has 3 N–H and O–H groups in total. The molecule has 0 amide bonds. The first kappa shape index (κ1) is 14.2. The van der Waals surface area contributed by atoms with Gasteiger partial charge in [0.1, 0.15) is 0 Å². The van der Waals surface area contributed by atoms with E-state index in [-0.39, 0.29) is 5.84 Å². The first-order valence-electron chi connectivity index (χ1n) is 6.64. The van der Waals surface area contributed by atoms with Crippen LogP contribution < -0.4 is 5.73 Å². The van der Waals surface area contributed by atoms with Gasteiger partial charge in [-0.1, -0.05) is 41.7 Å². The summed E-state index contributed by atoms with van der Waals surface area (Å²) in [6.07, 6.45) is 4.90. The second-order valence-corrected chi connectivity index (χ2v) is 5.50. The molecule has 0 unspecified atom stereocenters. The summed E-state index contributed by atoms with van der Waals surface area (Å²) >= 11 is 5.90. The molecule has 1 aliphatic rings. The number of oxime groups is 1. The lowest BCUT2D eigenvalue weighted by atomic mass is 10.1. The number of nitrogens with zero attached hydrogens (tertiary/aromatic N) is 2. The van der Waals surface area contributed by atoms with Crippen molar-refractivity contribution in [2.24, 2.45) is 10.9 Å². The van der Waals surface area contributed by atoms with Crippen LogP contribution in [-0.4, -0.2) is 28.5 Å². The molecule has 5 heteroatoms. The summed E-state index contributed by atoms with van der Waals surface area (Å²) in [7, 11) is 0. The zero-order valence-corrected chi connectivity index (χ0v) is 11.7. The normalized spacial score (nSPS) is 17.3. The van der Waals surface area contributed by atoms with Crippen LogP contribution in [0.25, 0.3) is 0 Å². The molecule has 1 fully saturated rings. The standard InChI is InChI=1S/C14H20ClN3O/c15-12-7-5-11(6-8-12)9-18(10-14(16)17-19)13-3-1-2-4-13/h5-8,13,19H,1-4,9-10H2,(H2,16,17). The molecule has 0 saturated heterocycles. The number of benzene rings is 1. The van der Waals surface area contributed by atoms with Gasteiger partial charge in [-0.2, -0.15) is 0 Å². The van der Waals surface area contributed by atoms with Crippen molar-refractivity contribution >= 4 is 17.4 Å². The van der Waals surface area contributed by atoms with E-state index in [0.717, 1.165) is 11.6 Å². The molecule has 1 saturated carbocycles. The van der Waals surface area contributed by atoms with Crippen molar-refractivity contribution in [2.75, 3.05) is 6.54 Å². The van der Waals surface area contributed by atoms with E-state index in [1.165, 1.54) is 31.2 Å². The molecule has 0 heterocycles. The van der Waals surface area contributed by atoms with Gasteiger partial charge in [-0.25, -0.2) is 0 Å². The van der Waals surface area contributed by atoms with Crippen molar-refractivity contribution in [3.63, 3.8) is 0 Å². The molecule has 0 atom stereocenters. The van der Waals surface area contributed by atoms with E-state index in [1.54, 1.807) is 0 Å². The van der Waals surface area contributed by atoms with E-state index >= 15 is 0 Å². The summed E-state index contributed by atoms with van der Waals surface area (Å²) in [4.78, 5) is 2.28. The second-order valence-electron chi connectivity index (χ2n) is 5.06. The Morgan fingerprint density at radius 2 is 1.95 bits per heavy atom. The van der Waals surface area contributed by atoms with Crippen molar-refractivity contribution in [1.29, 1.82) is 0 Å². The molecule has 0 aliphatic heterocycles. The van der Waals surface area contributed by atoms with Gasteiger partial charge < -0.3 is 10.9 Å². The van der Waals surface area contributed by atoms with Gasteiger partial charge in [0.15, 0.2) is 5.84 Å². The monoisotopic (exact) mass is 281 g/mol. The van der Waals surface area contributed by atoms with E-state index in [2.05, 4.69) is 10.1 Å². The Morgan fingerprint density at radius 1 is 1.32 bits per heavy atom. The Kier molecular flexibility index (Phi) is 5.05. The maximum Gasteiger partial charge on any atom is 0.153 e. The lowest BCUT2D eigenvalue weighted by Crippen LogP contribution is -2.39. The molecule has 0 aromatic heterocycles. The van der Waals surface area contributed by atoms with Gasteiger partial charge in [0.2, 0.25) is 0 Å². The molecule has 0 bridgehead atoms. The maximum atomic E-state index is 8.75. The summed E-state index contributed by atoms with van der Waals surface area (Å²) in [6, 6.07) is 8.36. The first-order chi connectivity index (χ1) is 9.19. The Hall–Kier alpha value is -1.26.